The minimum Gasteiger partial charge on any atom is -0.339 e. The van der Waals surface area contributed by atoms with Crippen LogP contribution in [0.15, 0.2) is 0 Å². The molecular weight excluding hydrogens is 326 g/mol. The Morgan fingerprint density at radius 2 is 1.62 bits per heavy atom. The van der Waals surface area contributed by atoms with Crippen LogP contribution in [0, 0.1) is 23.2 Å². The lowest BCUT2D eigenvalue weighted by atomic mass is 9.49. The maximum absolute atomic E-state index is 13.0. The van der Waals surface area contributed by atoms with Gasteiger partial charge in [-0.1, -0.05) is 15.9 Å². The molecule has 5 aliphatic rings. The largest absolute Gasteiger partial charge is 0.339 e. The predicted octanol–water partition coefficient (Wildman–Crippen LogP) is 4.37. The number of hydrogen-bond donors (Lipinski definition) is 0. The molecule has 0 aromatic carbocycles. The fourth-order valence-corrected chi connectivity index (χ4v) is 6.61. The molecule has 4 bridgehead atoms. The van der Waals surface area contributed by atoms with Crippen LogP contribution in [-0.4, -0.2) is 28.7 Å². The third kappa shape index (κ3) is 2.68. The molecular formula is C18H28BrNO. The van der Waals surface area contributed by atoms with Crippen LogP contribution in [-0.2, 0) is 4.79 Å². The Labute approximate surface area is 137 Å². The van der Waals surface area contributed by atoms with E-state index in [1.165, 1.54) is 57.8 Å². The highest BCUT2D eigenvalue weighted by molar-refractivity contribution is 9.09. The smallest absolute Gasteiger partial charge is 0.223 e. The van der Waals surface area contributed by atoms with Crippen molar-refractivity contribution >= 4 is 21.8 Å². The summed E-state index contributed by atoms with van der Waals surface area (Å²) in [5, 5.41) is 0.927. The van der Waals surface area contributed by atoms with Crippen LogP contribution >= 0.6 is 15.9 Å². The molecule has 0 saturated heterocycles. The van der Waals surface area contributed by atoms with Crippen molar-refractivity contribution in [2.75, 3.05) is 11.9 Å². The number of amides is 1. The van der Waals surface area contributed by atoms with Crippen molar-refractivity contribution in [1.29, 1.82) is 0 Å². The number of rotatable bonds is 5. The Bertz CT molecular complexity index is 382. The van der Waals surface area contributed by atoms with Crippen molar-refractivity contribution < 1.29 is 4.79 Å². The molecule has 0 heterocycles. The first-order chi connectivity index (χ1) is 10.2. The van der Waals surface area contributed by atoms with E-state index in [0.717, 1.165) is 36.0 Å². The Morgan fingerprint density at radius 3 is 2.05 bits per heavy atom. The van der Waals surface area contributed by atoms with Gasteiger partial charge in [0, 0.05) is 24.3 Å². The third-order valence-corrected chi connectivity index (χ3v) is 7.21. The quantitative estimate of drug-likeness (QED) is 0.672. The maximum atomic E-state index is 13.0. The number of alkyl halides is 1. The number of carbonyl (C=O) groups is 1. The summed E-state index contributed by atoms with van der Waals surface area (Å²) in [7, 11) is 0. The van der Waals surface area contributed by atoms with Crippen molar-refractivity contribution in [1.82, 2.24) is 4.90 Å². The average Bonchev–Trinajstić information content (AvgIpc) is 2.33. The fourth-order valence-electron chi connectivity index (χ4n) is 6.23. The molecule has 118 valence electrons. The molecule has 0 aromatic rings. The van der Waals surface area contributed by atoms with Gasteiger partial charge in [-0.2, -0.15) is 0 Å². The van der Waals surface area contributed by atoms with Crippen molar-refractivity contribution in [2.24, 2.45) is 23.2 Å². The van der Waals surface area contributed by atoms with Crippen LogP contribution in [0.25, 0.3) is 0 Å². The second-order valence-corrected chi connectivity index (χ2v) is 9.25. The van der Waals surface area contributed by atoms with Crippen molar-refractivity contribution in [3.8, 4) is 0 Å². The zero-order chi connectivity index (χ0) is 14.4. The molecule has 5 aliphatic carbocycles. The van der Waals surface area contributed by atoms with E-state index in [1.807, 2.05) is 0 Å². The molecule has 0 aromatic heterocycles. The summed E-state index contributed by atoms with van der Waals surface area (Å²) in [5.41, 5.74) is 0.403. The molecule has 5 fully saturated rings. The van der Waals surface area contributed by atoms with Gasteiger partial charge < -0.3 is 4.90 Å². The zero-order valence-corrected chi connectivity index (χ0v) is 14.6. The topological polar surface area (TPSA) is 20.3 Å². The minimum absolute atomic E-state index is 0.403. The number of carbonyl (C=O) groups excluding carboxylic acids is 1. The molecule has 0 radical (unpaired) electrons. The SMILES string of the molecule is O=C(CC12CC3CC(CC(C3)C1)C2)N(CCBr)C1CCC1. The van der Waals surface area contributed by atoms with Crippen LogP contribution in [0.3, 0.4) is 0 Å². The molecule has 3 heteroatoms. The van der Waals surface area contributed by atoms with E-state index in [0.29, 0.717) is 17.4 Å². The van der Waals surface area contributed by atoms with Gasteiger partial charge in [0.1, 0.15) is 0 Å². The maximum Gasteiger partial charge on any atom is 0.223 e. The van der Waals surface area contributed by atoms with Crippen LogP contribution in [0.2, 0.25) is 0 Å². The van der Waals surface area contributed by atoms with E-state index in [1.54, 1.807) is 0 Å². The summed E-state index contributed by atoms with van der Waals surface area (Å²) in [6.07, 6.45) is 13.1. The lowest BCUT2D eigenvalue weighted by Gasteiger charge is -2.57. The molecule has 0 N–H and O–H groups in total. The highest BCUT2D eigenvalue weighted by Crippen LogP contribution is 2.61. The van der Waals surface area contributed by atoms with E-state index >= 15 is 0 Å². The summed E-state index contributed by atoms with van der Waals surface area (Å²) in [4.78, 5) is 15.2. The number of halogens is 1. The standard InChI is InChI=1S/C18H28BrNO/c19-4-5-20(16-2-1-3-16)17(21)12-18-9-13-6-14(10-18)8-15(7-13)11-18/h13-16H,1-12H2. The minimum atomic E-state index is 0.403. The Hall–Kier alpha value is -0.0500. The van der Waals surface area contributed by atoms with Gasteiger partial charge in [-0.25, -0.2) is 0 Å². The van der Waals surface area contributed by atoms with Crippen molar-refractivity contribution in [3.63, 3.8) is 0 Å². The van der Waals surface area contributed by atoms with E-state index in [2.05, 4.69) is 20.8 Å². The van der Waals surface area contributed by atoms with E-state index in [-0.39, 0.29) is 0 Å². The second kappa shape index (κ2) is 5.54. The van der Waals surface area contributed by atoms with Gasteiger partial charge in [0.15, 0.2) is 0 Å². The van der Waals surface area contributed by atoms with Gasteiger partial charge in [0.05, 0.1) is 0 Å². The van der Waals surface area contributed by atoms with Gasteiger partial charge in [0.2, 0.25) is 5.91 Å². The van der Waals surface area contributed by atoms with Gasteiger partial charge >= 0.3 is 0 Å². The summed E-state index contributed by atoms with van der Waals surface area (Å²) in [5.74, 6) is 3.34. The van der Waals surface area contributed by atoms with Gasteiger partial charge in [-0.15, -0.1) is 0 Å². The van der Waals surface area contributed by atoms with Gasteiger partial charge in [-0.05, 0) is 81.0 Å². The van der Waals surface area contributed by atoms with Gasteiger partial charge in [0.25, 0.3) is 0 Å². The Balaban J connectivity index is 1.45. The molecule has 5 rings (SSSR count). The highest BCUT2D eigenvalue weighted by Gasteiger charge is 2.52. The average molecular weight is 354 g/mol. The second-order valence-electron chi connectivity index (χ2n) is 8.46. The number of nitrogens with zero attached hydrogens (tertiary/aromatic N) is 1. The molecule has 5 saturated carbocycles. The monoisotopic (exact) mass is 353 g/mol. The fraction of sp³-hybridized carbons (Fsp3) is 0.944. The molecule has 2 nitrogen and oxygen atoms in total. The molecule has 1 amide bonds. The lowest BCUT2D eigenvalue weighted by molar-refractivity contribution is -0.143. The van der Waals surface area contributed by atoms with Crippen LogP contribution < -0.4 is 0 Å². The van der Waals surface area contributed by atoms with Crippen molar-refractivity contribution in [3.05, 3.63) is 0 Å². The molecule has 0 aliphatic heterocycles. The van der Waals surface area contributed by atoms with Crippen molar-refractivity contribution in [2.45, 2.75) is 70.3 Å². The van der Waals surface area contributed by atoms with Crippen LogP contribution in [0.5, 0.6) is 0 Å². The van der Waals surface area contributed by atoms with Crippen LogP contribution in [0.1, 0.15) is 64.2 Å². The Morgan fingerprint density at radius 1 is 1.05 bits per heavy atom. The highest BCUT2D eigenvalue weighted by atomic mass is 79.9. The van der Waals surface area contributed by atoms with Gasteiger partial charge in [-0.3, -0.25) is 4.79 Å². The van der Waals surface area contributed by atoms with E-state index in [9.17, 15) is 4.79 Å². The molecule has 21 heavy (non-hydrogen) atoms. The molecule has 0 spiro atoms. The first kappa shape index (κ1) is 14.5. The molecule has 0 unspecified atom stereocenters. The first-order valence-electron chi connectivity index (χ1n) is 9.03. The summed E-state index contributed by atoms with van der Waals surface area (Å²) in [6, 6.07) is 0.559. The Kier molecular flexibility index (Phi) is 3.84. The third-order valence-electron chi connectivity index (χ3n) is 6.85. The molecule has 0 atom stereocenters. The summed E-state index contributed by atoms with van der Waals surface area (Å²) in [6.45, 7) is 0.913. The zero-order valence-electron chi connectivity index (χ0n) is 13.0. The normalized spacial score (nSPS) is 41.1. The van der Waals surface area contributed by atoms with Crippen LogP contribution in [0.4, 0.5) is 0 Å². The summed E-state index contributed by atoms with van der Waals surface area (Å²) >= 11 is 3.54. The van der Waals surface area contributed by atoms with E-state index < -0.39 is 0 Å². The lowest BCUT2D eigenvalue weighted by Crippen LogP contribution is -2.51. The summed E-state index contributed by atoms with van der Waals surface area (Å²) < 4.78 is 0. The van der Waals surface area contributed by atoms with E-state index in [4.69, 9.17) is 0 Å². The number of hydrogen-bond acceptors (Lipinski definition) is 1. The first-order valence-corrected chi connectivity index (χ1v) is 10.1. The predicted molar refractivity (Wildman–Crippen MR) is 88.4 cm³/mol.